The van der Waals surface area contributed by atoms with Crippen molar-refractivity contribution in [2.45, 2.75) is 37.8 Å². The molecule has 110 valence electrons. The quantitative estimate of drug-likeness (QED) is 0.917. The number of nitrogens with one attached hydrogen (secondary N) is 1. The molecule has 1 aromatic rings. The van der Waals surface area contributed by atoms with Crippen molar-refractivity contribution in [2.75, 3.05) is 26.9 Å². The Labute approximate surface area is 120 Å². The Balaban J connectivity index is 1.90. The van der Waals surface area contributed by atoms with Crippen LogP contribution in [0, 0.1) is 0 Å². The summed E-state index contributed by atoms with van der Waals surface area (Å²) in [6.07, 6.45) is 3.41. The Morgan fingerprint density at radius 2 is 2.30 bits per heavy atom. The van der Waals surface area contributed by atoms with Gasteiger partial charge < -0.3 is 19.5 Å². The lowest BCUT2D eigenvalue weighted by Gasteiger charge is -2.28. The molecular weight excluding hydrogens is 254 g/mol. The Kier molecular flexibility index (Phi) is 3.85. The molecular formula is C16H23NO3. The van der Waals surface area contributed by atoms with E-state index in [9.17, 15) is 0 Å². The van der Waals surface area contributed by atoms with Gasteiger partial charge in [-0.05, 0) is 32.4 Å². The number of methoxy groups -OCH3 is 1. The average Bonchev–Trinajstić information content (AvgIpc) is 3.11. The Bertz CT molecular complexity index is 463. The number of hydrogen-bond acceptors (Lipinski definition) is 4. The van der Waals surface area contributed by atoms with Crippen molar-refractivity contribution in [3.05, 3.63) is 23.8 Å². The highest BCUT2D eigenvalue weighted by atomic mass is 16.6. The monoisotopic (exact) mass is 277 g/mol. The van der Waals surface area contributed by atoms with Crippen LogP contribution in [0.3, 0.4) is 0 Å². The maximum Gasteiger partial charge on any atom is 0.165 e. The SMILES string of the molecule is COc1c(OC2CCOC2)cccc1C1(C)CCCN1. The van der Waals surface area contributed by atoms with Gasteiger partial charge in [0.25, 0.3) is 0 Å². The maximum atomic E-state index is 6.06. The molecule has 0 spiro atoms. The van der Waals surface area contributed by atoms with E-state index in [1.165, 1.54) is 12.0 Å². The third-order valence-corrected chi connectivity index (χ3v) is 4.33. The second kappa shape index (κ2) is 5.62. The van der Waals surface area contributed by atoms with Crippen LogP contribution in [0.2, 0.25) is 0 Å². The van der Waals surface area contributed by atoms with Gasteiger partial charge in [-0.2, -0.15) is 0 Å². The predicted molar refractivity (Wildman–Crippen MR) is 77.4 cm³/mol. The van der Waals surface area contributed by atoms with Crippen LogP contribution in [0.5, 0.6) is 11.5 Å². The standard InChI is InChI=1S/C16H23NO3/c1-16(8-4-9-17-16)13-5-3-6-14(15(13)18-2)20-12-7-10-19-11-12/h3,5-6,12,17H,4,7-11H2,1-2H3. The van der Waals surface area contributed by atoms with E-state index in [0.717, 1.165) is 37.5 Å². The van der Waals surface area contributed by atoms with Crippen molar-refractivity contribution in [1.82, 2.24) is 5.32 Å². The van der Waals surface area contributed by atoms with Gasteiger partial charge in [-0.25, -0.2) is 0 Å². The molecule has 2 atom stereocenters. The molecule has 2 aliphatic rings. The average molecular weight is 277 g/mol. The molecule has 1 N–H and O–H groups in total. The van der Waals surface area contributed by atoms with Crippen molar-refractivity contribution in [3.63, 3.8) is 0 Å². The minimum Gasteiger partial charge on any atom is -0.493 e. The fraction of sp³-hybridized carbons (Fsp3) is 0.625. The highest BCUT2D eigenvalue weighted by Crippen LogP contribution is 2.41. The molecule has 0 amide bonds. The molecule has 2 unspecified atom stereocenters. The first-order valence-corrected chi connectivity index (χ1v) is 7.40. The highest BCUT2D eigenvalue weighted by molar-refractivity contribution is 5.50. The van der Waals surface area contributed by atoms with Gasteiger partial charge in [-0.1, -0.05) is 12.1 Å². The van der Waals surface area contributed by atoms with Crippen molar-refractivity contribution in [3.8, 4) is 11.5 Å². The van der Waals surface area contributed by atoms with Crippen molar-refractivity contribution in [2.24, 2.45) is 0 Å². The molecule has 20 heavy (non-hydrogen) atoms. The van der Waals surface area contributed by atoms with Crippen molar-refractivity contribution >= 4 is 0 Å². The van der Waals surface area contributed by atoms with Gasteiger partial charge in [-0.15, -0.1) is 0 Å². The van der Waals surface area contributed by atoms with Gasteiger partial charge in [0, 0.05) is 17.5 Å². The molecule has 1 aromatic carbocycles. The molecule has 0 bridgehead atoms. The van der Waals surface area contributed by atoms with Gasteiger partial charge in [0.1, 0.15) is 6.10 Å². The van der Waals surface area contributed by atoms with Crippen LogP contribution in [0.15, 0.2) is 18.2 Å². The summed E-state index contributed by atoms with van der Waals surface area (Å²) in [5.74, 6) is 1.69. The van der Waals surface area contributed by atoms with Gasteiger partial charge >= 0.3 is 0 Å². The fourth-order valence-electron chi connectivity index (χ4n) is 3.16. The van der Waals surface area contributed by atoms with Crippen LogP contribution in [0.4, 0.5) is 0 Å². The van der Waals surface area contributed by atoms with E-state index in [2.05, 4.69) is 18.3 Å². The molecule has 4 nitrogen and oxygen atoms in total. The van der Waals surface area contributed by atoms with Crippen LogP contribution in [0.25, 0.3) is 0 Å². The van der Waals surface area contributed by atoms with Gasteiger partial charge in [0.15, 0.2) is 11.5 Å². The first-order chi connectivity index (χ1) is 9.73. The normalized spacial score (nSPS) is 29.6. The molecule has 2 heterocycles. The number of ether oxygens (including phenoxy) is 3. The van der Waals surface area contributed by atoms with Gasteiger partial charge in [0.2, 0.25) is 0 Å². The van der Waals surface area contributed by atoms with Crippen LogP contribution in [-0.4, -0.2) is 33.0 Å². The minimum absolute atomic E-state index is 0.0170. The maximum absolute atomic E-state index is 6.06. The zero-order valence-corrected chi connectivity index (χ0v) is 12.3. The van der Waals surface area contributed by atoms with E-state index >= 15 is 0 Å². The first-order valence-electron chi connectivity index (χ1n) is 7.40. The first kappa shape index (κ1) is 13.7. The highest BCUT2D eigenvalue weighted by Gasteiger charge is 2.34. The third kappa shape index (κ3) is 2.50. The van der Waals surface area contributed by atoms with E-state index in [0.29, 0.717) is 6.61 Å². The molecule has 4 heteroatoms. The summed E-state index contributed by atoms with van der Waals surface area (Å²) in [7, 11) is 1.72. The molecule has 2 fully saturated rings. The summed E-state index contributed by atoms with van der Waals surface area (Å²) < 4.78 is 17.1. The molecule has 0 radical (unpaired) electrons. The van der Waals surface area contributed by atoms with Crippen molar-refractivity contribution < 1.29 is 14.2 Å². The van der Waals surface area contributed by atoms with E-state index in [4.69, 9.17) is 14.2 Å². The Hall–Kier alpha value is -1.26. The predicted octanol–water partition coefficient (Wildman–Crippen LogP) is 2.46. The summed E-state index contributed by atoms with van der Waals surface area (Å²) in [4.78, 5) is 0. The largest absolute Gasteiger partial charge is 0.493 e. The second-order valence-electron chi connectivity index (χ2n) is 5.80. The van der Waals surface area contributed by atoms with Crippen LogP contribution in [0.1, 0.15) is 31.7 Å². The summed E-state index contributed by atoms with van der Waals surface area (Å²) >= 11 is 0. The number of hydrogen-bond donors (Lipinski definition) is 1. The van der Waals surface area contributed by atoms with E-state index in [1.54, 1.807) is 7.11 Å². The zero-order valence-electron chi connectivity index (χ0n) is 12.3. The summed E-state index contributed by atoms with van der Waals surface area (Å²) in [5, 5.41) is 3.58. The number of rotatable bonds is 4. The molecule has 2 aliphatic heterocycles. The van der Waals surface area contributed by atoms with Gasteiger partial charge in [0.05, 0.1) is 20.3 Å². The van der Waals surface area contributed by atoms with Crippen molar-refractivity contribution in [1.29, 1.82) is 0 Å². The van der Waals surface area contributed by atoms with Gasteiger partial charge in [-0.3, -0.25) is 0 Å². The smallest absolute Gasteiger partial charge is 0.165 e. The van der Waals surface area contributed by atoms with E-state index in [-0.39, 0.29) is 11.6 Å². The molecule has 3 rings (SSSR count). The fourth-order valence-corrected chi connectivity index (χ4v) is 3.16. The van der Waals surface area contributed by atoms with Crippen LogP contribution < -0.4 is 14.8 Å². The van der Waals surface area contributed by atoms with E-state index in [1.807, 2.05) is 12.1 Å². The lowest BCUT2D eigenvalue weighted by Crippen LogP contribution is -2.33. The molecule has 0 saturated carbocycles. The summed E-state index contributed by atoms with van der Waals surface area (Å²) in [5.41, 5.74) is 1.17. The summed E-state index contributed by atoms with van der Waals surface area (Å²) in [6, 6.07) is 6.17. The number of para-hydroxylation sites is 1. The summed E-state index contributed by atoms with van der Waals surface area (Å²) in [6.45, 7) is 4.75. The lowest BCUT2D eigenvalue weighted by molar-refractivity contribution is 0.138. The van der Waals surface area contributed by atoms with Crippen LogP contribution >= 0.6 is 0 Å². The number of benzene rings is 1. The van der Waals surface area contributed by atoms with Crippen LogP contribution in [-0.2, 0) is 10.3 Å². The molecule has 0 aliphatic carbocycles. The second-order valence-corrected chi connectivity index (χ2v) is 5.80. The zero-order chi connectivity index (χ0) is 14.0. The Morgan fingerprint density at radius 1 is 1.40 bits per heavy atom. The Morgan fingerprint density at radius 3 is 2.95 bits per heavy atom. The topological polar surface area (TPSA) is 39.7 Å². The minimum atomic E-state index is -0.0170. The third-order valence-electron chi connectivity index (χ3n) is 4.33. The van der Waals surface area contributed by atoms with E-state index < -0.39 is 0 Å². The molecule has 0 aromatic heterocycles. The lowest BCUT2D eigenvalue weighted by atomic mass is 9.89. The molecule has 2 saturated heterocycles.